The molecule has 2 aromatic carbocycles. The monoisotopic (exact) mass is 486 g/mol. The van der Waals surface area contributed by atoms with Crippen molar-refractivity contribution in [1.29, 1.82) is 0 Å². The number of likely N-dealkylation sites (N-methyl/N-ethyl adjacent to an activating group) is 1. The topological polar surface area (TPSA) is 75.5 Å². The quantitative estimate of drug-likeness (QED) is 0.511. The minimum Gasteiger partial charge on any atom is -0.340 e. The molecule has 7 nitrogen and oxygen atoms in total. The number of aromatic nitrogens is 2. The Morgan fingerprint density at radius 2 is 1.82 bits per heavy atom. The largest absolute Gasteiger partial charge is 0.340 e. The zero-order valence-electron chi connectivity index (χ0n) is 18.7. The van der Waals surface area contributed by atoms with E-state index in [0.29, 0.717) is 37.5 Å². The van der Waals surface area contributed by atoms with Crippen molar-refractivity contribution >= 4 is 27.5 Å². The van der Waals surface area contributed by atoms with Gasteiger partial charge in [0.15, 0.2) is 0 Å². The highest BCUT2D eigenvalue weighted by Gasteiger charge is 2.38. The van der Waals surface area contributed by atoms with E-state index < -0.39 is 16.1 Å². The highest BCUT2D eigenvalue weighted by atomic mass is 35.5. The van der Waals surface area contributed by atoms with Crippen LogP contribution in [0.5, 0.6) is 0 Å². The van der Waals surface area contributed by atoms with Crippen LogP contribution >= 0.6 is 11.6 Å². The molecule has 0 bridgehead atoms. The molecule has 1 atom stereocenters. The van der Waals surface area contributed by atoms with Crippen LogP contribution in [0.2, 0.25) is 5.02 Å². The fourth-order valence-electron chi connectivity index (χ4n) is 4.27. The summed E-state index contributed by atoms with van der Waals surface area (Å²) in [5.74, 6) is -0.198. The zero-order valence-corrected chi connectivity index (χ0v) is 20.3. The summed E-state index contributed by atoms with van der Waals surface area (Å²) in [4.78, 5) is 14.8. The van der Waals surface area contributed by atoms with Gasteiger partial charge in [-0.3, -0.25) is 9.48 Å². The molecule has 2 heterocycles. The molecule has 0 saturated carbocycles. The average Bonchev–Trinajstić information content (AvgIpc) is 3.43. The van der Waals surface area contributed by atoms with Crippen molar-refractivity contribution in [2.45, 2.75) is 32.0 Å². The van der Waals surface area contributed by atoms with Crippen LogP contribution in [0.3, 0.4) is 0 Å². The highest BCUT2D eigenvalue weighted by Crippen LogP contribution is 2.26. The number of carbonyl (C=O) groups is 1. The number of hydrogen-bond acceptors (Lipinski definition) is 4. The zero-order chi connectivity index (χ0) is 23.6. The molecule has 1 aliphatic heterocycles. The first-order valence-corrected chi connectivity index (χ1v) is 13.0. The molecule has 1 aromatic heterocycles. The number of rotatable bonds is 7. The molecule has 4 rings (SSSR count). The Balaban J connectivity index is 1.61. The van der Waals surface area contributed by atoms with E-state index in [0.717, 1.165) is 28.6 Å². The van der Waals surface area contributed by atoms with Gasteiger partial charge in [0, 0.05) is 42.5 Å². The smallest absolute Gasteiger partial charge is 0.241 e. The molecule has 33 heavy (non-hydrogen) atoms. The molecule has 0 N–H and O–H groups in total. The number of nitrogens with zero attached hydrogens (tertiary/aromatic N) is 4. The lowest BCUT2D eigenvalue weighted by Crippen LogP contribution is -2.45. The van der Waals surface area contributed by atoms with Crippen molar-refractivity contribution in [2.75, 3.05) is 19.8 Å². The van der Waals surface area contributed by atoms with Crippen LogP contribution in [0.1, 0.15) is 24.0 Å². The molecule has 1 aliphatic rings. The van der Waals surface area contributed by atoms with Gasteiger partial charge >= 0.3 is 0 Å². The third-order valence-electron chi connectivity index (χ3n) is 5.87. The van der Waals surface area contributed by atoms with Gasteiger partial charge in [-0.05, 0) is 24.5 Å². The van der Waals surface area contributed by atoms with Gasteiger partial charge < -0.3 is 4.90 Å². The summed E-state index contributed by atoms with van der Waals surface area (Å²) < 4.78 is 27.3. The van der Waals surface area contributed by atoms with Crippen molar-refractivity contribution in [3.63, 3.8) is 0 Å². The second kappa shape index (κ2) is 9.67. The number of sulfonamides is 1. The molecule has 174 valence electrons. The van der Waals surface area contributed by atoms with E-state index in [9.17, 15) is 13.2 Å². The highest BCUT2D eigenvalue weighted by molar-refractivity contribution is 7.88. The summed E-state index contributed by atoms with van der Waals surface area (Å²) in [5, 5.41) is 5.47. The van der Waals surface area contributed by atoms with Crippen LogP contribution in [0.25, 0.3) is 11.3 Å². The maximum absolute atomic E-state index is 13.2. The van der Waals surface area contributed by atoms with Gasteiger partial charge in [-0.1, -0.05) is 60.1 Å². The minimum atomic E-state index is -3.43. The second-order valence-corrected chi connectivity index (χ2v) is 10.7. The van der Waals surface area contributed by atoms with Gasteiger partial charge in [0.2, 0.25) is 15.9 Å². The van der Waals surface area contributed by atoms with Crippen molar-refractivity contribution in [2.24, 2.45) is 0 Å². The molecule has 1 fully saturated rings. The lowest BCUT2D eigenvalue weighted by atomic mass is 10.1. The summed E-state index contributed by atoms with van der Waals surface area (Å²) in [6.45, 7) is 1.20. The van der Waals surface area contributed by atoms with Gasteiger partial charge in [-0.2, -0.15) is 9.40 Å². The Kier molecular flexibility index (Phi) is 6.88. The first kappa shape index (κ1) is 23.5. The van der Waals surface area contributed by atoms with Crippen molar-refractivity contribution in [3.05, 3.63) is 76.9 Å². The third kappa shape index (κ3) is 5.29. The Morgan fingerprint density at radius 1 is 1.12 bits per heavy atom. The molecule has 1 unspecified atom stereocenters. The van der Waals surface area contributed by atoms with Crippen molar-refractivity contribution < 1.29 is 13.2 Å². The normalized spacial score (nSPS) is 16.8. The van der Waals surface area contributed by atoms with Crippen LogP contribution in [-0.4, -0.2) is 59.2 Å². The molecule has 1 saturated heterocycles. The molecule has 3 aromatic rings. The fourth-order valence-corrected chi connectivity index (χ4v) is 5.59. The molecule has 9 heteroatoms. The van der Waals surface area contributed by atoms with Gasteiger partial charge in [0.05, 0.1) is 18.5 Å². The Morgan fingerprint density at radius 3 is 2.52 bits per heavy atom. The predicted molar refractivity (Wildman–Crippen MR) is 129 cm³/mol. The van der Waals surface area contributed by atoms with Crippen LogP contribution in [0, 0.1) is 0 Å². The molecule has 0 aliphatic carbocycles. The van der Waals surface area contributed by atoms with Gasteiger partial charge in [0.25, 0.3) is 0 Å². The lowest BCUT2D eigenvalue weighted by molar-refractivity contribution is -0.133. The maximum Gasteiger partial charge on any atom is 0.241 e. The van der Waals surface area contributed by atoms with Crippen LogP contribution in [-0.2, 0) is 27.9 Å². The van der Waals surface area contributed by atoms with Crippen molar-refractivity contribution in [3.8, 4) is 11.3 Å². The minimum absolute atomic E-state index is 0.198. The summed E-state index contributed by atoms with van der Waals surface area (Å²) >= 11 is 6.34. The molecule has 0 radical (unpaired) electrons. The average molecular weight is 487 g/mol. The third-order valence-corrected chi connectivity index (χ3v) is 7.53. The Bertz CT molecular complexity index is 1240. The number of hydrogen-bond donors (Lipinski definition) is 0. The molecule has 0 spiro atoms. The van der Waals surface area contributed by atoms with E-state index >= 15 is 0 Å². The number of amides is 1. The number of carbonyl (C=O) groups excluding carboxylic acids is 1. The van der Waals surface area contributed by atoms with E-state index in [1.807, 2.05) is 65.5 Å². The molecular weight excluding hydrogens is 460 g/mol. The van der Waals surface area contributed by atoms with E-state index in [1.54, 1.807) is 11.9 Å². The summed E-state index contributed by atoms with van der Waals surface area (Å²) in [6, 6.07) is 16.8. The van der Waals surface area contributed by atoms with E-state index in [1.165, 1.54) is 4.31 Å². The Hall–Kier alpha value is -2.68. The SMILES string of the molecule is CN(Cc1cn(Cc2ccccc2Cl)nc1-c1ccccc1)C(=O)C1CCCN1S(C)(=O)=O. The predicted octanol–water partition coefficient (Wildman–Crippen LogP) is 3.63. The van der Waals surface area contributed by atoms with E-state index in [-0.39, 0.29) is 5.91 Å². The first-order chi connectivity index (χ1) is 15.7. The van der Waals surface area contributed by atoms with Gasteiger partial charge in [-0.15, -0.1) is 0 Å². The van der Waals surface area contributed by atoms with E-state index in [2.05, 4.69) is 0 Å². The number of halogens is 1. The van der Waals surface area contributed by atoms with Gasteiger partial charge in [0.1, 0.15) is 6.04 Å². The number of benzene rings is 2. The van der Waals surface area contributed by atoms with E-state index in [4.69, 9.17) is 16.7 Å². The second-order valence-electron chi connectivity index (χ2n) is 8.38. The summed E-state index contributed by atoms with van der Waals surface area (Å²) in [5.41, 5.74) is 3.57. The summed E-state index contributed by atoms with van der Waals surface area (Å²) in [6.07, 6.45) is 4.30. The first-order valence-electron chi connectivity index (χ1n) is 10.8. The molecular formula is C24H27ClN4O3S. The summed E-state index contributed by atoms with van der Waals surface area (Å²) in [7, 11) is -1.72. The fraction of sp³-hybridized carbons (Fsp3) is 0.333. The van der Waals surface area contributed by atoms with Crippen LogP contribution in [0.4, 0.5) is 0 Å². The maximum atomic E-state index is 13.2. The standard InChI is InChI=1S/C24H27ClN4O3S/c1-27(24(30)22-13-8-14-29(22)33(2,31)32)15-20-17-28(16-19-11-6-7-12-21(19)25)26-23(20)18-9-4-3-5-10-18/h3-7,9-12,17,22H,8,13-16H2,1-2H3. The van der Waals surface area contributed by atoms with Gasteiger partial charge in [-0.25, -0.2) is 8.42 Å². The van der Waals surface area contributed by atoms with Crippen LogP contribution in [0.15, 0.2) is 60.8 Å². The molecule has 1 amide bonds. The van der Waals surface area contributed by atoms with Crippen molar-refractivity contribution in [1.82, 2.24) is 19.0 Å². The lowest BCUT2D eigenvalue weighted by Gasteiger charge is -2.26. The van der Waals surface area contributed by atoms with Crippen LogP contribution < -0.4 is 0 Å². The Labute approximate surface area is 199 Å².